The molecular weight excluding hydrogens is 296 g/mol. The maximum Gasteiger partial charge on any atom is 0.183 e. The Bertz CT molecular complexity index is 649. The summed E-state index contributed by atoms with van der Waals surface area (Å²) >= 11 is 1.62. The summed E-state index contributed by atoms with van der Waals surface area (Å²) in [5, 5.41) is 0. The first-order valence-electron chi connectivity index (χ1n) is 7.50. The van der Waals surface area contributed by atoms with E-state index in [9.17, 15) is 0 Å². The van der Waals surface area contributed by atoms with Crippen LogP contribution in [0.5, 0.6) is 5.75 Å². The number of rotatable bonds is 2. The zero-order valence-corrected chi connectivity index (χ0v) is 13.3. The van der Waals surface area contributed by atoms with Gasteiger partial charge < -0.3 is 14.5 Å². The molecule has 0 amide bonds. The molecule has 0 aromatic heterocycles. The third kappa shape index (κ3) is 2.59. The SMILES string of the molecule is CC1=CN2CCSN=C2C(N2CC(Oc3ccccc3)C2)=N1. The van der Waals surface area contributed by atoms with Crippen LogP contribution in [0.25, 0.3) is 0 Å². The summed E-state index contributed by atoms with van der Waals surface area (Å²) in [7, 11) is 0. The summed E-state index contributed by atoms with van der Waals surface area (Å²) in [4.78, 5) is 9.15. The minimum Gasteiger partial charge on any atom is -0.487 e. The molecule has 0 aliphatic carbocycles. The summed E-state index contributed by atoms with van der Waals surface area (Å²) in [6.45, 7) is 4.75. The zero-order chi connectivity index (χ0) is 14.9. The molecule has 0 bridgehead atoms. The van der Waals surface area contributed by atoms with Gasteiger partial charge in [0.2, 0.25) is 0 Å². The Hall–Kier alpha value is -1.95. The van der Waals surface area contributed by atoms with Crippen molar-refractivity contribution in [2.24, 2.45) is 9.39 Å². The van der Waals surface area contributed by atoms with Crippen LogP contribution in [-0.4, -0.2) is 53.0 Å². The molecular formula is C16H18N4OS. The number of hydrogen-bond donors (Lipinski definition) is 0. The lowest BCUT2D eigenvalue weighted by Gasteiger charge is -2.43. The molecule has 114 valence electrons. The van der Waals surface area contributed by atoms with E-state index >= 15 is 0 Å². The monoisotopic (exact) mass is 314 g/mol. The van der Waals surface area contributed by atoms with Crippen molar-refractivity contribution in [1.29, 1.82) is 0 Å². The number of fused-ring (bicyclic) bond motifs is 1. The molecule has 3 aliphatic rings. The average Bonchev–Trinajstić information content (AvgIpc) is 2.51. The molecule has 0 saturated carbocycles. The molecule has 0 spiro atoms. The number of aliphatic imine (C=N–C) groups is 1. The van der Waals surface area contributed by atoms with Crippen molar-refractivity contribution >= 4 is 23.6 Å². The summed E-state index contributed by atoms with van der Waals surface area (Å²) in [6, 6.07) is 9.99. The van der Waals surface area contributed by atoms with Gasteiger partial charge in [-0.25, -0.2) is 4.99 Å². The minimum absolute atomic E-state index is 0.224. The molecule has 3 aliphatic heterocycles. The van der Waals surface area contributed by atoms with Crippen LogP contribution >= 0.6 is 11.9 Å². The van der Waals surface area contributed by atoms with Crippen LogP contribution in [0.4, 0.5) is 0 Å². The van der Waals surface area contributed by atoms with Gasteiger partial charge in [-0.1, -0.05) is 18.2 Å². The van der Waals surface area contributed by atoms with E-state index in [1.165, 1.54) is 0 Å². The Balaban J connectivity index is 1.43. The molecule has 3 heterocycles. The lowest BCUT2D eigenvalue weighted by molar-refractivity contribution is 0.0686. The van der Waals surface area contributed by atoms with Gasteiger partial charge in [0, 0.05) is 18.5 Å². The second kappa shape index (κ2) is 5.68. The molecule has 6 heteroatoms. The standard InChI is InChI=1S/C16H18N4OS/c1-12-9-19-7-8-22-18-16(19)15(17-12)20-10-14(11-20)21-13-5-3-2-4-6-13/h2-6,9,14H,7-8,10-11H2,1H3. The Morgan fingerprint density at radius 1 is 1.18 bits per heavy atom. The van der Waals surface area contributed by atoms with Crippen LogP contribution in [0, 0.1) is 0 Å². The molecule has 4 rings (SSSR count). The lowest BCUT2D eigenvalue weighted by Crippen LogP contribution is -2.60. The van der Waals surface area contributed by atoms with E-state index in [1.54, 1.807) is 11.9 Å². The van der Waals surface area contributed by atoms with Crippen LogP contribution in [0.2, 0.25) is 0 Å². The predicted octanol–water partition coefficient (Wildman–Crippen LogP) is 2.39. The number of amidine groups is 2. The molecule has 1 aromatic rings. The number of nitrogens with zero attached hydrogens (tertiary/aromatic N) is 4. The third-order valence-corrected chi connectivity index (χ3v) is 4.53. The lowest BCUT2D eigenvalue weighted by atomic mass is 10.1. The second-order valence-corrected chi connectivity index (χ2v) is 6.45. The van der Waals surface area contributed by atoms with E-state index in [-0.39, 0.29) is 6.10 Å². The molecule has 1 saturated heterocycles. The Morgan fingerprint density at radius 3 is 2.82 bits per heavy atom. The van der Waals surface area contributed by atoms with Crippen molar-refractivity contribution in [3.05, 3.63) is 42.2 Å². The fourth-order valence-corrected chi connectivity index (χ4v) is 3.44. The highest BCUT2D eigenvalue weighted by molar-refractivity contribution is 7.98. The highest BCUT2D eigenvalue weighted by Crippen LogP contribution is 2.24. The van der Waals surface area contributed by atoms with E-state index in [0.29, 0.717) is 0 Å². The normalized spacial score (nSPS) is 21.4. The van der Waals surface area contributed by atoms with Crippen molar-refractivity contribution in [3.63, 3.8) is 0 Å². The predicted molar refractivity (Wildman–Crippen MR) is 90.2 cm³/mol. The molecule has 5 nitrogen and oxygen atoms in total. The topological polar surface area (TPSA) is 40.4 Å². The van der Waals surface area contributed by atoms with Gasteiger partial charge in [-0.3, -0.25) is 0 Å². The largest absolute Gasteiger partial charge is 0.487 e. The van der Waals surface area contributed by atoms with Crippen molar-refractivity contribution < 1.29 is 4.74 Å². The van der Waals surface area contributed by atoms with Gasteiger partial charge in [-0.15, -0.1) is 0 Å². The van der Waals surface area contributed by atoms with Crippen LogP contribution in [-0.2, 0) is 0 Å². The highest BCUT2D eigenvalue weighted by Gasteiger charge is 2.36. The summed E-state index contributed by atoms with van der Waals surface area (Å²) in [5.41, 5.74) is 1.04. The second-order valence-electron chi connectivity index (χ2n) is 5.61. The van der Waals surface area contributed by atoms with Crippen molar-refractivity contribution in [3.8, 4) is 5.75 Å². The van der Waals surface area contributed by atoms with E-state index < -0.39 is 0 Å². The molecule has 1 fully saturated rings. The number of likely N-dealkylation sites (tertiary alicyclic amines) is 1. The van der Waals surface area contributed by atoms with Gasteiger partial charge in [0.1, 0.15) is 11.9 Å². The maximum atomic E-state index is 5.96. The first-order chi connectivity index (χ1) is 10.8. The van der Waals surface area contributed by atoms with Crippen LogP contribution in [0.1, 0.15) is 6.92 Å². The van der Waals surface area contributed by atoms with Gasteiger partial charge in [0.25, 0.3) is 0 Å². The van der Waals surface area contributed by atoms with Gasteiger partial charge in [0.15, 0.2) is 11.7 Å². The minimum atomic E-state index is 0.224. The van der Waals surface area contributed by atoms with Gasteiger partial charge in [-0.05, 0) is 31.0 Å². The number of ether oxygens (including phenoxy) is 1. The highest BCUT2D eigenvalue weighted by atomic mass is 32.2. The number of para-hydroxylation sites is 1. The van der Waals surface area contributed by atoms with Crippen molar-refractivity contribution in [2.45, 2.75) is 13.0 Å². The summed E-state index contributed by atoms with van der Waals surface area (Å²) < 4.78 is 10.5. The molecule has 0 N–H and O–H groups in total. The first kappa shape index (κ1) is 13.7. The first-order valence-corrected chi connectivity index (χ1v) is 8.44. The van der Waals surface area contributed by atoms with E-state index in [4.69, 9.17) is 9.73 Å². The Labute approximate surface area is 134 Å². The third-order valence-electron chi connectivity index (χ3n) is 3.87. The number of hydrogen-bond acceptors (Lipinski definition) is 6. The van der Waals surface area contributed by atoms with Crippen LogP contribution in [0.15, 0.2) is 51.6 Å². The summed E-state index contributed by atoms with van der Waals surface area (Å²) in [5.74, 6) is 3.93. The Morgan fingerprint density at radius 2 is 2.00 bits per heavy atom. The van der Waals surface area contributed by atoms with E-state index in [0.717, 1.165) is 48.5 Å². The average molecular weight is 314 g/mol. The van der Waals surface area contributed by atoms with Crippen LogP contribution < -0.4 is 4.74 Å². The molecule has 0 atom stereocenters. The number of allylic oxidation sites excluding steroid dienone is 1. The Kier molecular flexibility index (Phi) is 3.54. The summed E-state index contributed by atoms with van der Waals surface area (Å²) in [6.07, 6.45) is 2.31. The fraction of sp³-hybridized carbons (Fsp3) is 0.375. The van der Waals surface area contributed by atoms with Gasteiger partial charge in [0.05, 0.1) is 18.8 Å². The molecule has 0 radical (unpaired) electrons. The van der Waals surface area contributed by atoms with Crippen LogP contribution in [0.3, 0.4) is 0 Å². The fourth-order valence-electron chi connectivity index (χ4n) is 2.76. The van der Waals surface area contributed by atoms with Crippen molar-refractivity contribution in [1.82, 2.24) is 9.80 Å². The van der Waals surface area contributed by atoms with E-state index in [2.05, 4.69) is 20.4 Å². The van der Waals surface area contributed by atoms with E-state index in [1.807, 2.05) is 37.3 Å². The van der Waals surface area contributed by atoms with Gasteiger partial charge in [-0.2, -0.15) is 4.40 Å². The van der Waals surface area contributed by atoms with Gasteiger partial charge >= 0.3 is 0 Å². The molecule has 0 unspecified atom stereocenters. The smallest absolute Gasteiger partial charge is 0.183 e. The quantitative estimate of drug-likeness (QED) is 0.786. The zero-order valence-electron chi connectivity index (χ0n) is 12.5. The molecule has 1 aromatic carbocycles. The maximum absolute atomic E-state index is 5.96. The number of benzene rings is 1. The molecule has 22 heavy (non-hydrogen) atoms. The van der Waals surface area contributed by atoms with Crippen molar-refractivity contribution in [2.75, 3.05) is 25.4 Å².